The monoisotopic (exact) mass is 289 g/mol. The van der Waals surface area contributed by atoms with Crippen LogP contribution in [-0.4, -0.2) is 35.4 Å². The molecule has 1 N–H and O–H groups in total. The minimum Gasteiger partial charge on any atom is -0.370 e. The Morgan fingerprint density at radius 2 is 2.00 bits per heavy atom. The number of anilines is 1. The van der Waals surface area contributed by atoms with E-state index in [1.54, 1.807) is 4.90 Å². The maximum atomic E-state index is 12.5. The van der Waals surface area contributed by atoms with Crippen molar-refractivity contribution < 1.29 is 18.0 Å². The number of aromatic nitrogens is 1. The zero-order valence-electron chi connectivity index (χ0n) is 11.5. The first-order chi connectivity index (χ1) is 9.38. The van der Waals surface area contributed by atoms with Crippen molar-refractivity contribution in [3.8, 4) is 0 Å². The number of carbonyl (C=O) groups is 1. The average Bonchev–Trinajstić information content (AvgIpc) is 2.39. The summed E-state index contributed by atoms with van der Waals surface area (Å²) in [4.78, 5) is 17.2. The van der Waals surface area contributed by atoms with Crippen molar-refractivity contribution in [1.29, 1.82) is 0 Å². The van der Waals surface area contributed by atoms with Crippen LogP contribution in [0.25, 0.3) is 0 Å². The Bertz CT molecular complexity index is 445. The molecule has 0 fully saturated rings. The van der Waals surface area contributed by atoms with Gasteiger partial charge in [0.05, 0.1) is 5.56 Å². The van der Waals surface area contributed by atoms with Crippen molar-refractivity contribution in [2.75, 3.05) is 25.0 Å². The molecule has 1 aromatic heterocycles. The van der Waals surface area contributed by atoms with Gasteiger partial charge in [-0.2, -0.15) is 13.2 Å². The molecule has 0 aliphatic carbocycles. The quantitative estimate of drug-likeness (QED) is 0.876. The van der Waals surface area contributed by atoms with Gasteiger partial charge >= 0.3 is 6.18 Å². The molecule has 0 aliphatic rings. The summed E-state index contributed by atoms with van der Waals surface area (Å²) in [6.07, 6.45) is -3.08. The van der Waals surface area contributed by atoms with Gasteiger partial charge in [-0.1, -0.05) is 0 Å². The van der Waals surface area contributed by atoms with Gasteiger partial charge in [0.1, 0.15) is 5.82 Å². The van der Waals surface area contributed by atoms with Crippen LogP contribution >= 0.6 is 0 Å². The van der Waals surface area contributed by atoms with Crippen molar-refractivity contribution in [2.45, 2.75) is 26.4 Å². The molecule has 0 aliphatic heterocycles. The molecule has 1 rings (SSSR count). The summed E-state index contributed by atoms with van der Waals surface area (Å²) in [7, 11) is 0. The van der Waals surface area contributed by atoms with Crippen molar-refractivity contribution in [2.24, 2.45) is 0 Å². The van der Waals surface area contributed by atoms with Crippen molar-refractivity contribution in [1.82, 2.24) is 9.88 Å². The summed E-state index contributed by atoms with van der Waals surface area (Å²) in [6.45, 7) is 5.25. The molecule has 112 valence electrons. The van der Waals surface area contributed by atoms with E-state index in [1.165, 1.54) is 0 Å². The van der Waals surface area contributed by atoms with Gasteiger partial charge in [0.15, 0.2) is 0 Å². The second-order valence-electron chi connectivity index (χ2n) is 4.17. The maximum Gasteiger partial charge on any atom is 0.416 e. The highest BCUT2D eigenvalue weighted by Gasteiger charge is 2.30. The molecule has 20 heavy (non-hydrogen) atoms. The van der Waals surface area contributed by atoms with Crippen molar-refractivity contribution >= 4 is 11.7 Å². The van der Waals surface area contributed by atoms with Crippen LogP contribution in [-0.2, 0) is 11.0 Å². The van der Waals surface area contributed by atoms with Crippen LogP contribution in [0.15, 0.2) is 18.3 Å². The molecule has 0 bridgehead atoms. The van der Waals surface area contributed by atoms with Crippen molar-refractivity contribution in [3.63, 3.8) is 0 Å². The van der Waals surface area contributed by atoms with Crippen LogP contribution in [0.3, 0.4) is 0 Å². The molecule has 1 aromatic rings. The fourth-order valence-corrected chi connectivity index (χ4v) is 1.74. The third-order valence-corrected chi connectivity index (χ3v) is 2.85. The summed E-state index contributed by atoms with van der Waals surface area (Å²) in [5, 5.41) is 2.73. The van der Waals surface area contributed by atoms with E-state index in [-0.39, 0.29) is 24.7 Å². The van der Waals surface area contributed by atoms with Crippen LogP contribution < -0.4 is 5.32 Å². The molecule has 0 atom stereocenters. The number of hydrogen-bond acceptors (Lipinski definition) is 3. The molecule has 0 unspecified atom stereocenters. The lowest BCUT2D eigenvalue weighted by atomic mass is 10.2. The van der Waals surface area contributed by atoms with E-state index in [2.05, 4.69) is 10.3 Å². The number of halogens is 3. The Morgan fingerprint density at radius 3 is 2.55 bits per heavy atom. The van der Waals surface area contributed by atoms with Crippen LogP contribution in [0.5, 0.6) is 0 Å². The Labute approximate surface area is 116 Å². The lowest BCUT2D eigenvalue weighted by Crippen LogP contribution is -2.31. The first-order valence-corrected chi connectivity index (χ1v) is 6.43. The van der Waals surface area contributed by atoms with Gasteiger partial charge in [-0.15, -0.1) is 0 Å². The summed E-state index contributed by atoms with van der Waals surface area (Å²) >= 11 is 0. The first kappa shape index (κ1) is 16.3. The minimum absolute atomic E-state index is 0.0329. The Morgan fingerprint density at radius 1 is 1.35 bits per heavy atom. The molecule has 7 heteroatoms. The second kappa shape index (κ2) is 7.12. The highest BCUT2D eigenvalue weighted by Crippen LogP contribution is 2.29. The van der Waals surface area contributed by atoms with Gasteiger partial charge < -0.3 is 10.2 Å². The van der Waals surface area contributed by atoms with E-state index in [9.17, 15) is 18.0 Å². The van der Waals surface area contributed by atoms with E-state index in [0.717, 1.165) is 18.3 Å². The third-order valence-electron chi connectivity index (χ3n) is 2.85. The zero-order valence-corrected chi connectivity index (χ0v) is 11.5. The minimum atomic E-state index is -4.39. The van der Waals surface area contributed by atoms with Gasteiger partial charge in [-0.3, -0.25) is 4.79 Å². The van der Waals surface area contributed by atoms with Gasteiger partial charge in [-0.25, -0.2) is 4.98 Å². The molecule has 4 nitrogen and oxygen atoms in total. The van der Waals surface area contributed by atoms with Gasteiger partial charge in [-0.05, 0) is 26.0 Å². The average molecular weight is 289 g/mol. The number of pyridine rings is 1. The van der Waals surface area contributed by atoms with E-state index >= 15 is 0 Å². The molecular weight excluding hydrogens is 271 g/mol. The van der Waals surface area contributed by atoms with Gasteiger partial charge in [0.25, 0.3) is 0 Å². The predicted octanol–water partition coefficient (Wildman–Crippen LogP) is 2.77. The number of carbonyl (C=O) groups excluding carboxylic acids is 1. The number of nitrogens with zero attached hydrogens (tertiary/aromatic N) is 2. The highest BCUT2D eigenvalue weighted by atomic mass is 19.4. The maximum absolute atomic E-state index is 12.5. The molecule has 0 saturated carbocycles. The summed E-state index contributed by atoms with van der Waals surface area (Å²) in [6, 6.07) is 1.84. The molecular formula is C13H18F3N3O. The number of rotatable bonds is 6. The smallest absolute Gasteiger partial charge is 0.370 e. The van der Waals surface area contributed by atoms with Crippen molar-refractivity contribution in [3.05, 3.63) is 23.9 Å². The molecule has 1 heterocycles. The van der Waals surface area contributed by atoms with E-state index in [1.807, 2.05) is 13.8 Å². The van der Waals surface area contributed by atoms with Crippen LogP contribution in [0.2, 0.25) is 0 Å². The third kappa shape index (κ3) is 4.71. The Hall–Kier alpha value is -1.79. The molecule has 1 amide bonds. The topological polar surface area (TPSA) is 45.2 Å². The summed E-state index contributed by atoms with van der Waals surface area (Å²) in [5.41, 5.74) is -0.759. The fraction of sp³-hybridized carbons (Fsp3) is 0.538. The fourth-order valence-electron chi connectivity index (χ4n) is 1.74. The second-order valence-corrected chi connectivity index (χ2v) is 4.17. The lowest BCUT2D eigenvalue weighted by Gasteiger charge is -2.18. The zero-order chi connectivity index (χ0) is 15.2. The SMILES string of the molecule is CCN(CC)C(=O)CCNc1cc(C(F)(F)F)ccn1. The lowest BCUT2D eigenvalue weighted by molar-refractivity contribution is -0.137. The summed E-state index contributed by atoms with van der Waals surface area (Å²) < 4.78 is 37.5. The van der Waals surface area contributed by atoms with Crippen LogP contribution in [0.4, 0.5) is 19.0 Å². The number of nitrogens with one attached hydrogen (secondary N) is 1. The van der Waals surface area contributed by atoms with Crippen LogP contribution in [0.1, 0.15) is 25.8 Å². The number of amides is 1. The Balaban J connectivity index is 2.52. The molecule has 0 spiro atoms. The van der Waals surface area contributed by atoms with E-state index < -0.39 is 11.7 Å². The highest BCUT2D eigenvalue weighted by molar-refractivity contribution is 5.76. The largest absolute Gasteiger partial charge is 0.416 e. The normalized spacial score (nSPS) is 11.2. The number of hydrogen-bond donors (Lipinski definition) is 1. The number of alkyl halides is 3. The van der Waals surface area contributed by atoms with Gasteiger partial charge in [0.2, 0.25) is 5.91 Å². The molecule has 0 radical (unpaired) electrons. The predicted molar refractivity (Wildman–Crippen MR) is 70.3 cm³/mol. The molecule has 0 aromatic carbocycles. The standard InChI is InChI=1S/C13H18F3N3O/c1-3-19(4-2)12(20)6-8-18-11-9-10(5-7-17-11)13(14,15)16/h5,7,9H,3-4,6,8H2,1-2H3,(H,17,18). The molecule has 0 saturated heterocycles. The van der Waals surface area contributed by atoms with E-state index in [0.29, 0.717) is 13.1 Å². The first-order valence-electron chi connectivity index (χ1n) is 6.43. The van der Waals surface area contributed by atoms with Crippen LogP contribution in [0, 0.1) is 0 Å². The van der Waals surface area contributed by atoms with Gasteiger partial charge in [0, 0.05) is 32.3 Å². The summed E-state index contributed by atoms with van der Waals surface area (Å²) in [5.74, 6) is 0.0849. The Kier molecular flexibility index (Phi) is 5.79. The van der Waals surface area contributed by atoms with E-state index in [4.69, 9.17) is 0 Å².